The van der Waals surface area contributed by atoms with Crippen LogP contribution in [0.25, 0.3) is 0 Å². The van der Waals surface area contributed by atoms with Crippen molar-refractivity contribution in [3.8, 4) is 6.01 Å². The molecule has 30 heavy (non-hydrogen) atoms. The van der Waals surface area contributed by atoms with Gasteiger partial charge in [0.25, 0.3) is 0 Å². The Morgan fingerprint density at radius 2 is 1.77 bits per heavy atom. The molecule has 1 aromatic heterocycles. The SMILES string of the molecule is COCCOc1nc(N)c2c(n1)N(Cc1ccc(CN(C)CCOC)cc1)C(=O)C2. The number of methoxy groups -OCH3 is 2. The van der Waals surface area contributed by atoms with Crippen LogP contribution in [-0.2, 0) is 33.8 Å². The van der Waals surface area contributed by atoms with Gasteiger partial charge >= 0.3 is 6.01 Å². The fourth-order valence-electron chi connectivity index (χ4n) is 3.24. The van der Waals surface area contributed by atoms with E-state index in [1.54, 1.807) is 19.1 Å². The number of hydrogen-bond donors (Lipinski definition) is 1. The molecule has 0 saturated heterocycles. The molecule has 2 N–H and O–H groups in total. The third kappa shape index (κ3) is 5.44. The average Bonchev–Trinajstić information content (AvgIpc) is 3.04. The topological polar surface area (TPSA) is 103 Å². The van der Waals surface area contributed by atoms with Crippen molar-refractivity contribution in [2.45, 2.75) is 19.5 Å². The summed E-state index contributed by atoms with van der Waals surface area (Å²) < 4.78 is 15.6. The van der Waals surface area contributed by atoms with E-state index in [2.05, 4.69) is 34.0 Å². The summed E-state index contributed by atoms with van der Waals surface area (Å²) in [6, 6.07) is 8.37. The van der Waals surface area contributed by atoms with E-state index < -0.39 is 0 Å². The van der Waals surface area contributed by atoms with Crippen molar-refractivity contribution in [1.29, 1.82) is 0 Å². The molecule has 9 nitrogen and oxygen atoms in total. The Balaban J connectivity index is 1.69. The second-order valence-corrected chi connectivity index (χ2v) is 7.24. The fourth-order valence-corrected chi connectivity index (χ4v) is 3.24. The lowest BCUT2D eigenvalue weighted by molar-refractivity contribution is -0.117. The Morgan fingerprint density at radius 1 is 1.07 bits per heavy atom. The molecule has 0 bridgehead atoms. The molecular weight excluding hydrogens is 386 g/mol. The Kier molecular flexibility index (Phi) is 7.56. The van der Waals surface area contributed by atoms with E-state index in [4.69, 9.17) is 19.9 Å². The fraction of sp³-hybridized carbons (Fsp3) is 0.476. The molecule has 0 fully saturated rings. The molecule has 0 unspecified atom stereocenters. The van der Waals surface area contributed by atoms with E-state index in [1.807, 2.05) is 12.1 Å². The van der Waals surface area contributed by atoms with Crippen molar-refractivity contribution in [3.63, 3.8) is 0 Å². The Labute approximate surface area is 176 Å². The number of carbonyl (C=O) groups excluding carboxylic acids is 1. The molecule has 1 amide bonds. The molecule has 0 spiro atoms. The van der Waals surface area contributed by atoms with Gasteiger partial charge in [-0.15, -0.1) is 0 Å². The molecule has 162 valence electrons. The number of aromatic nitrogens is 2. The van der Waals surface area contributed by atoms with Crippen LogP contribution in [0.5, 0.6) is 6.01 Å². The molecule has 2 heterocycles. The molecular formula is C21H29N5O4. The summed E-state index contributed by atoms with van der Waals surface area (Å²) in [4.78, 5) is 25.0. The molecule has 1 aromatic carbocycles. The maximum atomic E-state index is 12.6. The van der Waals surface area contributed by atoms with E-state index in [0.29, 0.717) is 37.7 Å². The zero-order valence-corrected chi connectivity index (χ0v) is 17.8. The van der Waals surface area contributed by atoms with Crippen LogP contribution in [-0.4, -0.2) is 68.4 Å². The molecule has 3 rings (SSSR count). The number of anilines is 2. The highest BCUT2D eigenvalue weighted by molar-refractivity contribution is 6.01. The molecule has 9 heteroatoms. The number of carbonyl (C=O) groups is 1. The van der Waals surface area contributed by atoms with E-state index >= 15 is 0 Å². The number of nitrogen functional groups attached to an aromatic ring is 1. The van der Waals surface area contributed by atoms with Gasteiger partial charge in [0, 0.05) is 32.9 Å². The number of nitrogens with zero attached hydrogens (tertiary/aromatic N) is 4. The summed E-state index contributed by atoms with van der Waals surface area (Å²) in [5.74, 6) is 0.740. The number of fused-ring (bicyclic) bond motifs is 1. The Hall–Kier alpha value is -2.75. The number of nitrogens with two attached hydrogens (primary N) is 1. The van der Waals surface area contributed by atoms with Crippen LogP contribution < -0.4 is 15.4 Å². The van der Waals surface area contributed by atoms with Gasteiger partial charge in [-0.3, -0.25) is 14.6 Å². The second-order valence-electron chi connectivity index (χ2n) is 7.24. The van der Waals surface area contributed by atoms with Gasteiger partial charge in [0.2, 0.25) is 5.91 Å². The average molecular weight is 415 g/mol. The van der Waals surface area contributed by atoms with E-state index in [-0.39, 0.29) is 24.2 Å². The molecule has 0 aliphatic carbocycles. The van der Waals surface area contributed by atoms with Crippen molar-refractivity contribution in [1.82, 2.24) is 14.9 Å². The number of ether oxygens (including phenoxy) is 3. The summed E-state index contributed by atoms with van der Waals surface area (Å²) in [6.07, 6.45) is 0.196. The predicted octanol–water partition coefficient (Wildman–Crippen LogP) is 1.25. The van der Waals surface area contributed by atoms with Gasteiger partial charge in [0.05, 0.1) is 26.2 Å². The first-order chi connectivity index (χ1) is 14.5. The summed E-state index contributed by atoms with van der Waals surface area (Å²) in [6.45, 7) is 3.54. The van der Waals surface area contributed by atoms with Gasteiger partial charge in [0.1, 0.15) is 18.2 Å². The highest BCUT2D eigenvalue weighted by atomic mass is 16.5. The first-order valence-corrected chi connectivity index (χ1v) is 9.85. The van der Waals surface area contributed by atoms with E-state index in [1.165, 1.54) is 5.56 Å². The maximum absolute atomic E-state index is 12.6. The van der Waals surface area contributed by atoms with Crippen molar-refractivity contribution in [3.05, 3.63) is 41.0 Å². The first kappa shape index (κ1) is 21.9. The summed E-state index contributed by atoms with van der Waals surface area (Å²) >= 11 is 0. The van der Waals surface area contributed by atoms with Crippen molar-refractivity contribution < 1.29 is 19.0 Å². The van der Waals surface area contributed by atoms with Crippen LogP contribution in [0.15, 0.2) is 24.3 Å². The lowest BCUT2D eigenvalue weighted by atomic mass is 10.1. The van der Waals surface area contributed by atoms with Crippen LogP contribution in [0.1, 0.15) is 16.7 Å². The van der Waals surface area contributed by atoms with Crippen LogP contribution in [0, 0.1) is 0 Å². The van der Waals surface area contributed by atoms with Crippen LogP contribution in [0.3, 0.4) is 0 Å². The van der Waals surface area contributed by atoms with Gasteiger partial charge in [-0.25, -0.2) is 0 Å². The number of likely N-dealkylation sites (N-methyl/N-ethyl adjacent to an activating group) is 1. The normalized spacial score (nSPS) is 13.2. The van der Waals surface area contributed by atoms with Gasteiger partial charge in [-0.1, -0.05) is 24.3 Å². The van der Waals surface area contributed by atoms with Crippen LogP contribution >= 0.6 is 0 Å². The molecule has 1 aliphatic rings. The lowest BCUT2D eigenvalue weighted by Crippen LogP contribution is -2.27. The van der Waals surface area contributed by atoms with Gasteiger partial charge in [-0.05, 0) is 18.2 Å². The van der Waals surface area contributed by atoms with Gasteiger partial charge < -0.3 is 19.9 Å². The maximum Gasteiger partial charge on any atom is 0.320 e. The Morgan fingerprint density at radius 3 is 2.47 bits per heavy atom. The van der Waals surface area contributed by atoms with Crippen LogP contribution in [0.2, 0.25) is 0 Å². The Bertz CT molecular complexity index is 859. The minimum Gasteiger partial charge on any atom is -0.461 e. The van der Waals surface area contributed by atoms with Crippen molar-refractivity contribution >= 4 is 17.5 Å². The van der Waals surface area contributed by atoms with E-state index in [9.17, 15) is 4.79 Å². The van der Waals surface area contributed by atoms with E-state index in [0.717, 1.165) is 18.7 Å². The molecule has 0 saturated carbocycles. The number of hydrogen-bond acceptors (Lipinski definition) is 8. The summed E-state index contributed by atoms with van der Waals surface area (Å²) in [7, 11) is 5.35. The van der Waals surface area contributed by atoms with Crippen LogP contribution in [0.4, 0.5) is 11.6 Å². The number of rotatable bonds is 11. The monoisotopic (exact) mass is 415 g/mol. The predicted molar refractivity (Wildman–Crippen MR) is 113 cm³/mol. The zero-order chi connectivity index (χ0) is 21.5. The number of benzene rings is 1. The second kappa shape index (κ2) is 10.3. The highest BCUT2D eigenvalue weighted by Crippen LogP contribution is 2.33. The third-order valence-corrected chi connectivity index (χ3v) is 4.89. The quantitative estimate of drug-likeness (QED) is 0.547. The zero-order valence-electron chi connectivity index (χ0n) is 17.8. The molecule has 1 aliphatic heterocycles. The molecule has 0 radical (unpaired) electrons. The minimum atomic E-state index is -0.0524. The molecule has 2 aromatic rings. The van der Waals surface area contributed by atoms with Crippen molar-refractivity contribution in [2.75, 3.05) is 58.3 Å². The highest BCUT2D eigenvalue weighted by Gasteiger charge is 2.32. The van der Waals surface area contributed by atoms with Gasteiger partial charge in [-0.2, -0.15) is 9.97 Å². The van der Waals surface area contributed by atoms with Crippen molar-refractivity contribution in [2.24, 2.45) is 0 Å². The van der Waals surface area contributed by atoms with Gasteiger partial charge in [0.15, 0.2) is 0 Å². The largest absolute Gasteiger partial charge is 0.461 e. The standard InChI is InChI=1S/C21H29N5O4/c1-25(8-9-28-2)13-15-4-6-16(7-5-15)14-26-18(27)12-17-19(22)23-21(24-20(17)26)30-11-10-29-3/h4-7H,8-14H2,1-3H3,(H2,22,23,24). The minimum absolute atomic E-state index is 0.0524. The first-order valence-electron chi connectivity index (χ1n) is 9.85. The smallest absolute Gasteiger partial charge is 0.320 e. The third-order valence-electron chi connectivity index (χ3n) is 4.89. The number of amides is 1. The summed E-state index contributed by atoms with van der Waals surface area (Å²) in [5.41, 5.74) is 8.90. The molecule has 0 atom stereocenters. The lowest BCUT2D eigenvalue weighted by Gasteiger charge is -2.18. The summed E-state index contributed by atoms with van der Waals surface area (Å²) in [5, 5.41) is 0.